The van der Waals surface area contributed by atoms with Crippen LogP contribution in [0.4, 0.5) is 4.79 Å². The summed E-state index contributed by atoms with van der Waals surface area (Å²) in [5, 5.41) is 5.43. The molecule has 33 heavy (non-hydrogen) atoms. The number of aryl methyl sites for hydroxylation is 2. The van der Waals surface area contributed by atoms with Crippen molar-refractivity contribution in [1.82, 2.24) is 15.5 Å². The molecule has 1 rings (SSSR count). The maximum atomic E-state index is 13.4. The first-order chi connectivity index (χ1) is 15.5. The Morgan fingerprint density at radius 3 is 2.27 bits per heavy atom. The van der Waals surface area contributed by atoms with Gasteiger partial charge < -0.3 is 15.4 Å². The van der Waals surface area contributed by atoms with Gasteiger partial charge in [-0.05, 0) is 57.7 Å². The molecule has 0 aliphatic rings. The van der Waals surface area contributed by atoms with Crippen LogP contribution in [0.15, 0.2) is 18.2 Å². The molecule has 7 nitrogen and oxygen atoms in total. The van der Waals surface area contributed by atoms with Crippen molar-refractivity contribution in [3.8, 4) is 12.5 Å². The fourth-order valence-corrected chi connectivity index (χ4v) is 3.64. The molecule has 2 N–H and O–H groups in total. The molecule has 0 aromatic heterocycles. The third-order valence-corrected chi connectivity index (χ3v) is 5.31. The lowest BCUT2D eigenvalue weighted by Crippen LogP contribution is -2.52. The third-order valence-electron chi connectivity index (χ3n) is 4.95. The molecule has 0 aliphatic heterocycles. The van der Waals surface area contributed by atoms with Crippen molar-refractivity contribution in [3.63, 3.8) is 0 Å². The highest BCUT2D eigenvalue weighted by molar-refractivity contribution is 7.80. The van der Waals surface area contributed by atoms with Gasteiger partial charge in [-0.15, -0.1) is 0 Å². The molecule has 0 bridgehead atoms. The third kappa shape index (κ3) is 8.65. The van der Waals surface area contributed by atoms with Crippen LogP contribution in [0.3, 0.4) is 0 Å². The molecule has 0 heterocycles. The number of rotatable bonds is 10. The van der Waals surface area contributed by atoms with E-state index in [0.29, 0.717) is 12.1 Å². The Bertz CT molecular complexity index is 853. The number of nitrogens with one attached hydrogen (secondary N) is 2. The second-order valence-electron chi connectivity index (χ2n) is 8.92. The van der Waals surface area contributed by atoms with Gasteiger partial charge in [0, 0.05) is 18.3 Å². The fourth-order valence-electron chi connectivity index (χ4n) is 3.39. The number of nitrogens with zero attached hydrogens (tertiary/aromatic N) is 1. The summed E-state index contributed by atoms with van der Waals surface area (Å²) in [6.45, 7) is 11.5. The molecule has 0 aliphatic carbocycles. The van der Waals surface area contributed by atoms with Crippen LogP contribution in [-0.4, -0.2) is 46.7 Å². The first kappa shape index (κ1) is 28.4. The lowest BCUT2D eigenvalue weighted by atomic mass is 9.94. The molecule has 1 aromatic carbocycles. The molecular formula is C25H37N3O4S. The molecule has 0 fully saturated rings. The lowest BCUT2D eigenvalue weighted by molar-refractivity contribution is -0.138. The largest absolute Gasteiger partial charge is 0.444 e. The van der Waals surface area contributed by atoms with E-state index in [1.807, 2.05) is 32.0 Å². The Morgan fingerprint density at radius 2 is 1.79 bits per heavy atom. The van der Waals surface area contributed by atoms with Crippen LogP contribution in [0.5, 0.6) is 0 Å². The lowest BCUT2D eigenvalue weighted by Gasteiger charge is -2.31. The first-order valence-electron chi connectivity index (χ1n) is 11.2. The van der Waals surface area contributed by atoms with E-state index in [-0.39, 0.29) is 11.7 Å². The van der Waals surface area contributed by atoms with Crippen molar-refractivity contribution < 1.29 is 19.1 Å². The number of unbranched alkanes of at least 4 members (excludes halogenated alkanes) is 2. The number of alkyl carbamates (subject to hydrolysis) is 1. The minimum absolute atomic E-state index is 0.0200. The minimum atomic E-state index is -1.07. The Hall–Kier alpha value is -2.66. The van der Waals surface area contributed by atoms with Crippen molar-refractivity contribution in [2.45, 2.75) is 78.5 Å². The highest BCUT2D eigenvalue weighted by Crippen LogP contribution is 2.28. The molecular weight excluding hydrogens is 438 g/mol. The summed E-state index contributed by atoms with van der Waals surface area (Å²) in [5.74, 6) is -1.01. The second kappa shape index (κ2) is 13.1. The van der Waals surface area contributed by atoms with Gasteiger partial charge in [-0.25, -0.2) is 4.79 Å². The summed E-state index contributed by atoms with van der Waals surface area (Å²) < 4.78 is 5.25. The number of thiol groups is 1. The van der Waals surface area contributed by atoms with Gasteiger partial charge in [0.15, 0.2) is 0 Å². The Morgan fingerprint density at radius 1 is 1.18 bits per heavy atom. The van der Waals surface area contributed by atoms with E-state index < -0.39 is 29.7 Å². The molecule has 0 spiro atoms. The zero-order valence-electron chi connectivity index (χ0n) is 20.5. The number of terminal acetylenes is 1. The molecule has 8 heteroatoms. The summed E-state index contributed by atoms with van der Waals surface area (Å²) in [5.41, 5.74) is 1.59. The highest BCUT2D eigenvalue weighted by atomic mass is 32.1. The van der Waals surface area contributed by atoms with E-state index in [0.717, 1.165) is 35.3 Å². The Labute approximate surface area is 203 Å². The molecule has 2 atom stereocenters. The SMILES string of the molecule is C#CN(C(=O)C(CS)NC(=O)OC(C)(C)C)C(C(=O)NCCCCC)c1c(C)cccc1C. The van der Waals surface area contributed by atoms with Gasteiger partial charge in [-0.3, -0.25) is 14.5 Å². The van der Waals surface area contributed by atoms with Gasteiger partial charge in [-0.2, -0.15) is 12.6 Å². The number of benzene rings is 1. The quantitative estimate of drug-likeness (QED) is 0.207. The number of carbonyl (C=O) groups is 3. The van der Waals surface area contributed by atoms with Gasteiger partial charge in [0.1, 0.15) is 17.7 Å². The summed E-state index contributed by atoms with van der Waals surface area (Å²) >= 11 is 4.22. The van der Waals surface area contributed by atoms with E-state index in [1.54, 1.807) is 20.8 Å². The van der Waals surface area contributed by atoms with Gasteiger partial charge in [0.25, 0.3) is 5.91 Å². The van der Waals surface area contributed by atoms with Crippen molar-refractivity contribution in [1.29, 1.82) is 0 Å². The molecule has 3 amide bonds. The topological polar surface area (TPSA) is 87.7 Å². The smallest absolute Gasteiger partial charge is 0.408 e. The summed E-state index contributed by atoms with van der Waals surface area (Å²) in [6.07, 6.45) is 7.82. The van der Waals surface area contributed by atoms with Gasteiger partial charge in [0.05, 0.1) is 0 Å². The normalized spacial score (nSPS) is 12.8. The predicted molar refractivity (Wildman–Crippen MR) is 134 cm³/mol. The number of carbonyl (C=O) groups excluding carboxylic acids is 3. The van der Waals surface area contributed by atoms with E-state index in [2.05, 4.69) is 36.2 Å². The summed E-state index contributed by atoms with van der Waals surface area (Å²) in [4.78, 5) is 40.0. The standard InChI is InChI=1S/C25H37N3O4S/c1-8-10-11-15-26-22(29)21(20-17(3)13-12-14-18(20)4)28(9-2)23(30)19(16-33)27-24(31)32-25(5,6)7/h2,12-14,19,21,33H,8,10-11,15-16H2,1,3-7H3,(H,26,29)(H,27,31). The van der Waals surface area contributed by atoms with Gasteiger partial charge in [-0.1, -0.05) is 44.4 Å². The molecule has 0 saturated carbocycles. The number of hydrogen-bond acceptors (Lipinski definition) is 5. The second-order valence-corrected chi connectivity index (χ2v) is 9.29. The first-order valence-corrected chi connectivity index (χ1v) is 11.8. The summed E-state index contributed by atoms with van der Waals surface area (Å²) in [6, 6.07) is 5.87. The zero-order chi connectivity index (χ0) is 25.2. The van der Waals surface area contributed by atoms with Crippen LogP contribution in [0.1, 0.15) is 69.7 Å². The molecule has 0 saturated heterocycles. The highest BCUT2D eigenvalue weighted by Gasteiger charge is 2.36. The van der Waals surface area contributed by atoms with Crippen molar-refractivity contribution in [3.05, 3.63) is 34.9 Å². The van der Waals surface area contributed by atoms with Gasteiger partial charge in [0.2, 0.25) is 5.91 Å². The fraction of sp³-hybridized carbons (Fsp3) is 0.560. The minimum Gasteiger partial charge on any atom is -0.444 e. The van der Waals surface area contributed by atoms with Crippen LogP contribution in [0.25, 0.3) is 0 Å². The van der Waals surface area contributed by atoms with E-state index >= 15 is 0 Å². The molecule has 182 valence electrons. The van der Waals surface area contributed by atoms with Crippen molar-refractivity contribution in [2.24, 2.45) is 0 Å². The molecule has 2 unspecified atom stereocenters. The number of amides is 3. The molecule has 1 aromatic rings. The maximum Gasteiger partial charge on any atom is 0.408 e. The predicted octanol–water partition coefficient (Wildman–Crippen LogP) is 3.89. The monoisotopic (exact) mass is 475 g/mol. The van der Waals surface area contributed by atoms with Crippen molar-refractivity contribution in [2.75, 3.05) is 12.3 Å². The van der Waals surface area contributed by atoms with Crippen LogP contribution >= 0.6 is 12.6 Å². The van der Waals surface area contributed by atoms with E-state index in [4.69, 9.17) is 11.2 Å². The average Bonchev–Trinajstić information content (AvgIpc) is 2.72. The zero-order valence-corrected chi connectivity index (χ0v) is 21.4. The molecule has 0 radical (unpaired) electrons. The van der Waals surface area contributed by atoms with Gasteiger partial charge >= 0.3 is 6.09 Å². The maximum absolute atomic E-state index is 13.4. The number of hydrogen-bond donors (Lipinski definition) is 3. The average molecular weight is 476 g/mol. The number of ether oxygens (including phenoxy) is 1. The van der Waals surface area contributed by atoms with E-state index in [1.165, 1.54) is 0 Å². The van der Waals surface area contributed by atoms with Crippen LogP contribution in [0, 0.1) is 26.3 Å². The van der Waals surface area contributed by atoms with E-state index in [9.17, 15) is 14.4 Å². The van der Waals surface area contributed by atoms with Crippen molar-refractivity contribution >= 4 is 30.5 Å². The Kier molecular flexibility index (Phi) is 11.3. The van der Waals surface area contributed by atoms with Crippen LogP contribution < -0.4 is 10.6 Å². The summed E-state index contributed by atoms with van der Waals surface area (Å²) in [7, 11) is 0. The van der Waals surface area contributed by atoms with Crippen LogP contribution in [-0.2, 0) is 14.3 Å². The van der Waals surface area contributed by atoms with Crippen LogP contribution in [0.2, 0.25) is 0 Å². The Balaban J connectivity index is 3.29.